The number of ether oxygens (including phenoxy) is 2. The first kappa shape index (κ1) is 14.0. The van der Waals surface area contributed by atoms with E-state index in [-0.39, 0.29) is 36.8 Å². The van der Waals surface area contributed by atoms with E-state index in [2.05, 4.69) is 5.32 Å². The molecule has 1 aromatic rings. The van der Waals surface area contributed by atoms with E-state index >= 15 is 0 Å². The van der Waals surface area contributed by atoms with Crippen LogP contribution in [0.1, 0.15) is 17.2 Å². The fourth-order valence-corrected chi connectivity index (χ4v) is 1.93. The molecule has 0 bridgehead atoms. The maximum absolute atomic E-state index is 13.0. The van der Waals surface area contributed by atoms with Crippen molar-refractivity contribution in [1.29, 1.82) is 0 Å². The highest BCUT2D eigenvalue weighted by molar-refractivity contribution is 5.50. The van der Waals surface area contributed by atoms with E-state index in [1.165, 1.54) is 6.07 Å². The van der Waals surface area contributed by atoms with Crippen molar-refractivity contribution in [3.63, 3.8) is 0 Å². The smallest absolute Gasteiger partial charge is 0.416 e. The molecule has 7 heteroatoms. The van der Waals surface area contributed by atoms with E-state index in [9.17, 15) is 18.3 Å². The number of aliphatic hydroxyl groups is 1. The summed E-state index contributed by atoms with van der Waals surface area (Å²) in [7, 11) is 1.55. The Labute approximate surface area is 108 Å². The number of nitrogens with one attached hydrogen (secondary N) is 1. The summed E-state index contributed by atoms with van der Waals surface area (Å²) in [6, 6.07) is 2.07. The van der Waals surface area contributed by atoms with Crippen LogP contribution in [0.25, 0.3) is 0 Å². The Morgan fingerprint density at radius 2 is 1.84 bits per heavy atom. The normalized spacial score (nSPS) is 16.3. The molecule has 1 unspecified atom stereocenters. The molecule has 0 radical (unpaired) electrons. The van der Waals surface area contributed by atoms with Gasteiger partial charge in [-0.3, -0.25) is 0 Å². The molecule has 0 saturated heterocycles. The topological polar surface area (TPSA) is 50.7 Å². The minimum Gasteiger partial charge on any atom is -0.486 e. The highest BCUT2D eigenvalue weighted by Gasteiger charge is 2.37. The van der Waals surface area contributed by atoms with Crippen LogP contribution in [0, 0.1) is 0 Å². The van der Waals surface area contributed by atoms with Gasteiger partial charge in [-0.15, -0.1) is 0 Å². The standard InChI is InChI=1S/C12H14F3NO3/c1-16-6-9(17)7-4-10-11(19-3-2-18-10)5-8(7)12(13,14)15/h4-5,9,16-17H,2-3,6H2,1H3. The molecule has 1 heterocycles. The lowest BCUT2D eigenvalue weighted by Gasteiger charge is -2.23. The van der Waals surface area contributed by atoms with Crippen LogP contribution in [0.2, 0.25) is 0 Å². The zero-order chi connectivity index (χ0) is 14.0. The molecule has 2 rings (SSSR count). The van der Waals surface area contributed by atoms with Gasteiger partial charge in [0.15, 0.2) is 11.5 Å². The van der Waals surface area contributed by atoms with Crippen LogP contribution in [-0.4, -0.2) is 31.9 Å². The summed E-state index contributed by atoms with van der Waals surface area (Å²) < 4.78 is 49.3. The maximum Gasteiger partial charge on any atom is 0.416 e. The molecule has 0 aliphatic carbocycles. The monoisotopic (exact) mass is 277 g/mol. The summed E-state index contributed by atoms with van der Waals surface area (Å²) in [5, 5.41) is 12.4. The number of rotatable bonds is 3. The quantitative estimate of drug-likeness (QED) is 0.883. The van der Waals surface area contributed by atoms with Crippen molar-refractivity contribution in [3.05, 3.63) is 23.3 Å². The fourth-order valence-electron chi connectivity index (χ4n) is 1.93. The van der Waals surface area contributed by atoms with Gasteiger partial charge in [0.05, 0.1) is 11.7 Å². The zero-order valence-corrected chi connectivity index (χ0v) is 10.3. The molecule has 19 heavy (non-hydrogen) atoms. The molecule has 1 aliphatic heterocycles. The van der Waals surface area contributed by atoms with Crippen molar-refractivity contribution in [2.45, 2.75) is 12.3 Å². The predicted octanol–water partition coefficient (Wildman–Crippen LogP) is 1.73. The van der Waals surface area contributed by atoms with Crippen LogP contribution < -0.4 is 14.8 Å². The molecule has 0 aromatic heterocycles. The number of alkyl halides is 3. The van der Waals surface area contributed by atoms with Gasteiger partial charge in [0.25, 0.3) is 0 Å². The van der Waals surface area contributed by atoms with Crippen molar-refractivity contribution >= 4 is 0 Å². The third-order valence-electron chi connectivity index (χ3n) is 2.78. The number of likely N-dealkylation sites (N-methyl/N-ethyl adjacent to an activating group) is 1. The van der Waals surface area contributed by atoms with Gasteiger partial charge >= 0.3 is 6.18 Å². The molecule has 1 aromatic carbocycles. The summed E-state index contributed by atoms with van der Waals surface area (Å²) in [5.41, 5.74) is -1.12. The van der Waals surface area contributed by atoms with Crippen molar-refractivity contribution < 1.29 is 27.8 Å². The van der Waals surface area contributed by atoms with E-state index < -0.39 is 17.8 Å². The van der Waals surface area contributed by atoms with E-state index in [1.807, 2.05) is 0 Å². The Morgan fingerprint density at radius 3 is 2.37 bits per heavy atom. The number of benzene rings is 1. The third-order valence-corrected chi connectivity index (χ3v) is 2.78. The van der Waals surface area contributed by atoms with Gasteiger partial charge in [-0.05, 0) is 24.7 Å². The summed E-state index contributed by atoms with van der Waals surface area (Å²) in [6.07, 6.45) is -5.82. The maximum atomic E-state index is 13.0. The van der Waals surface area contributed by atoms with Crippen LogP contribution in [0.4, 0.5) is 13.2 Å². The van der Waals surface area contributed by atoms with Crippen molar-refractivity contribution in [2.24, 2.45) is 0 Å². The second kappa shape index (κ2) is 5.26. The van der Waals surface area contributed by atoms with Gasteiger partial charge in [-0.25, -0.2) is 0 Å². The van der Waals surface area contributed by atoms with Gasteiger partial charge in [0.1, 0.15) is 13.2 Å². The van der Waals surface area contributed by atoms with Crippen LogP contribution in [0.3, 0.4) is 0 Å². The van der Waals surface area contributed by atoms with Crippen molar-refractivity contribution in [1.82, 2.24) is 5.32 Å². The lowest BCUT2D eigenvalue weighted by Crippen LogP contribution is -2.22. The molecule has 4 nitrogen and oxygen atoms in total. The van der Waals surface area contributed by atoms with Crippen LogP contribution >= 0.6 is 0 Å². The largest absolute Gasteiger partial charge is 0.486 e. The molecule has 0 saturated carbocycles. The summed E-state index contributed by atoms with van der Waals surface area (Å²) in [5.74, 6) is 0.281. The first-order valence-corrected chi connectivity index (χ1v) is 5.77. The van der Waals surface area contributed by atoms with Gasteiger partial charge < -0.3 is 19.9 Å². The Hall–Kier alpha value is -1.47. The van der Waals surface area contributed by atoms with Crippen molar-refractivity contribution in [2.75, 3.05) is 26.8 Å². The highest BCUT2D eigenvalue weighted by atomic mass is 19.4. The highest BCUT2D eigenvalue weighted by Crippen LogP contribution is 2.42. The molecule has 0 amide bonds. The number of hydrogen-bond acceptors (Lipinski definition) is 4. The Bertz CT molecular complexity index is 462. The number of halogens is 3. The van der Waals surface area contributed by atoms with Crippen molar-refractivity contribution in [3.8, 4) is 11.5 Å². The molecule has 0 spiro atoms. The minimum atomic E-state index is -4.56. The fraction of sp³-hybridized carbons (Fsp3) is 0.500. The van der Waals surface area contributed by atoms with E-state index in [0.717, 1.165) is 6.07 Å². The Kier molecular flexibility index (Phi) is 3.86. The van der Waals surface area contributed by atoms with Gasteiger partial charge in [0.2, 0.25) is 0 Å². The molecule has 1 aliphatic rings. The average molecular weight is 277 g/mol. The van der Waals surface area contributed by atoms with Gasteiger partial charge in [-0.2, -0.15) is 13.2 Å². The van der Waals surface area contributed by atoms with Crippen LogP contribution in [0.5, 0.6) is 11.5 Å². The lowest BCUT2D eigenvalue weighted by molar-refractivity contribution is -0.139. The number of hydrogen-bond donors (Lipinski definition) is 2. The summed E-state index contributed by atoms with van der Waals surface area (Å²) in [6.45, 7) is 0.505. The second-order valence-corrected chi connectivity index (χ2v) is 4.15. The Balaban J connectivity index is 2.49. The zero-order valence-electron chi connectivity index (χ0n) is 10.3. The van der Waals surface area contributed by atoms with E-state index in [1.54, 1.807) is 7.05 Å². The number of aliphatic hydroxyl groups excluding tert-OH is 1. The molecule has 2 N–H and O–H groups in total. The molecular weight excluding hydrogens is 263 g/mol. The number of fused-ring (bicyclic) bond motifs is 1. The molecular formula is C12H14F3NO3. The van der Waals surface area contributed by atoms with Gasteiger partial charge in [-0.1, -0.05) is 0 Å². The Morgan fingerprint density at radius 1 is 1.26 bits per heavy atom. The average Bonchev–Trinajstić information content (AvgIpc) is 2.36. The van der Waals surface area contributed by atoms with E-state index in [4.69, 9.17) is 9.47 Å². The molecule has 0 fully saturated rings. The second-order valence-electron chi connectivity index (χ2n) is 4.15. The first-order chi connectivity index (χ1) is 8.93. The third kappa shape index (κ3) is 2.93. The molecule has 106 valence electrons. The summed E-state index contributed by atoms with van der Waals surface area (Å²) >= 11 is 0. The predicted molar refractivity (Wildman–Crippen MR) is 61.3 cm³/mol. The summed E-state index contributed by atoms with van der Waals surface area (Å²) in [4.78, 5) is 0. The first-order valence-electron chi connectivity index (χ1n) is 5.77. The minimum absolute atomic E-state index is 0.0166. The molecule has 1 atom stereocenters. The lowest BCUT2D eigenvalue weighted by atomic mass is 10.0. The SMILES string of the molecule is CNCC(O)c1cc2c(cc1C(F)(F)F)OCCO2. The van der Waals surface area contributed by atoms with Crippen LogP contribution in [-0.2, 0) is 6.18 Å². The van der Waals surface area contributed by atoms with Gasteiger partial charge in [0, 0.05) is 6.54 Å². The van der Waals surface area contributed by atoms with Crippen LogP contribution in [0.15, 0.2) is 12.1 Å². The van der Waals surface area contributed by atoms with E-state index in [0.29, 0.717) is 0 Å².